The lowest BCUT2D eigenvalue weighted by Crippen LogP contribution is -1.97. The lowest BCUT2D eigenvalue weighted by Gasteiger charge is -1.99. The van der Waals surface area contributed by atoms with Crippen LogP contribution in [0, 0.1) is 6.92 Å². The van der Waals surface area contributed by atoms with Gasteiger partial charge in [0.15, 0.2) is 0 Å². The van der Waals surface area contributed by atoms with Crippen LogP contribution in [0.4, 0.5) is 5.69 Å². The second-order valence-corrected chi connectivity index (χ2v) is 6.32. The average Bonchev–Trinajstić information content (AvgIpc) is 2.49. The predicted molar refractivity (Wildman–Crippen MR) is 89.4 cm³/mol. The monoisotopic (exact) mass is 315 g/mol. The van der Waals surface area contributed by atoms with Crippen LogP contribution >= 0.6 is 0 Å². The summed E-state index contributed by atoms with van der Waals surface area (Å²) in [5.74, 6) is 0. The molecular formula is C17H17NO3S. The van der Waals surface area contributed by atoms with Crippen LogP contribution in [0.2, 0.25) is 0 Å². The Hall–Kier alpha value is -2.37. The Bertz CT molecular complexity index is 851. The summed E-state index contributed by atoms with van der Waals surface area (Å²) in [6.07, 6.45) is 0. The average molecular weight is 315 g/mol. The highest BCUT2D eigenvalue weighted by Crippen LogP contribution is 2.18. The fourth-order valence-electron chi connectivity index (χ4n) is 1.89. The molecule has 0 radical (unpaired) electrons. The van der Waals surface area contributed by atoms with Crippen molar-refractivity contribution in [2.24, 2.45) is 0 Å². The highest BCUT2D eigenvalue weighted by atomic mass is 32.2. The zero-order valence-electron chi connectivity index (χ0n) is 12.1. The Morgan fingerprint density at radius 3 is 2.00 bits per heavy atom. The van der Waals surface area contributed by atoms with Crippen molar-refractivity contribution >= 4 is 26.6 Å². The van der Waals surface area contributed by atoms with E-state index >= 15 is 0 Å². The SMILES string of the molecule is Cc1ccc(N)cc1.O=S(=O)(O)c1ccc2ccccc2c1. The fraction of sp³-hybridized carbons (Fsp3) is 0.0588. The molecule has 0 amide bonds. The van der Waals surface area contributed by atoms with E-state index in [0.29, 0.717) is 0 Å². The highest BCUT2D eigenvalue weighted by molar-refractivity contribution is 7.85. The van der Waals surface area contributed by atoms with Crippen LogP contribution in [-0.2, 0) is 10.1 Å². The van der Waals surface area contributed by atoms with E-state index in [4.69, 9.17) is 10.3 Å². The largest absolute Gasteiger partial charge is 0.399 e. The minimum Gasteiger partial charge on any atom is -0.399 e. The van der Waals surface area contributed by atoms with Gasteiger partial charge < -0.3 is 5.73 Å². The van der Waals surface area contributed by atoms with Gasteiger partial charge in [0.1, 0.15) is 0 Å². The van der Waals surface area contributed by atoms with Gasteiger partial charge in [0.25, 0.3) is 10.1 Å². The first-order valence-corrected chi connectivity index (χ1v) is 8.09. The van der Waals surface area contributed by atoms with E-state index < -0.39 is 10.1 Å². The molecule has 3 N–H and O–H groups in total. The number of aryl methyl sites for hydroxylation is 1. The van der Waals surface area contributed by atoms with Crippen molar-refractivity contribution in [2.75, 3.05) is 5.73 Å². The lowest BCUT2D eigenvalue weighted by molar-refractivity contribution is 0.483. The van der Waals surface area contributed by atoms with E-state index in [1.165, 1.54) is 17.7 Å². The summed E-state index contributed by atoms with van der Waals surface area (Å²) >= 11 is 0. The summed E-state index contributed by atoms with van der Waals surface area (Å²) in [6, 6.07) is 19.6. The molecular weight excluding hydrogens is 298 g/mol. The molecule has 0 heterocycles. The van der Waals surface area contributed by atoms with Gasteiger partial charge >= 0.3 is 0 Å². The summed E-state index contributed by atoms with van der Waals surface area (Å²) in [4.78, 5) is -0.0730. The minimum atomic E-state index is -4.09. The summed E-state index contributed by atoms with van der Waals surface area (Å²) in [5.41, 5.74) is 7.51. The first-order valence-electron chi connectivity index (χ1n) is 6.65. The van der Waals surface area contributed by atoms with Crippen molar-refractivity contribution in [3.8, 4) is 0 Å². The van der Waals surface area contributed by atoms with Crippen molar-refractivity contribution in [3.63, 3.8) is 0 Å². The Kier molecular flexibility index (Phi) is 4.80. The third kappa shape index (κ3) is 4.31. The maximum atomic E-state index is 10.8. The predicted octanol–water partition coefficient (Wildman–Crippen LogP) is 3.66. The molecule has 0 aliphatic carbocycles. The first kappa shape index (κ1) is 16.0. The zero-order chi connectivity index (χ0) is 16.2. The fourth-order valence-corrected chi connectivity index (χ4v) is 2.41. The van der Waals surface area contributed by atoms with Crippen LogP contribution in [0.5, 0.6) is 0 Å². The van der Waals surface area contributed by atoms with Crippen LogP contribution in [0.25, 0.3) is 10.8 Å². The van der Waals surface area contributed by atoms with Gasteiger partial charge in [0.05, 0.1) is 4.90 Å². The molecule has 5 heteroatoms. The first-order chi connectivity index (χ1) is 10.4. The molecule has 0 saturated heterocycles. The lowest BCUT2D eigenvalue weighted by atomic mass is 10.1. The molecule has 0 aromatic heterocycles. The van der Waals surface area contributed by atoms with Gasteiger partial charge in [-0.05, 0) is 42.0 Å². The van der Waals surface area contributed by atoms with Crippen LogP contribution in [0.1, 0.15) is 5.56 Å². The second kappa shape index (κ2) is 6.60. The van der Waals surface area contributed by atoms with E-state index in [-0.39, 0.29) is 4.90 Å². The van der Waals surface area contributed by atoms with E-state index in [9.17, 15) is 8.42 Å². The van der Waals surface area contributed by atoms with E-state index in [1.807, 2.05) is 49.4 Å². The number of rotatable bonds is 1. The molecule has 3 rings (SSSR count). The Labute approximate surface area is 130 Å². The van der Waals surface area contributed by atoms with Gasteiger partial charge in [0.2, 0.25) is 0 Å². The quantitative estimate of drug-likeness (QED) is 0.530. The van der Waals surface area contributed by atoms with Gasteiger partial charge in [-0.3, -0.25) is 4.55 Å². The number of hydrogen-bond acceptors (Lipinski definition) is 3. The summed E-state index contributed by atoms with van der Waals surface area (Å²) in [7, 11) is -4.09. The van der Waals surface area contributed by atoms with Crippen molar-refractivity contribution in [3.05, 3.63) is 72.3 Å². The molecule has 0 unspecified atom stereocenters. The molecule has 0 bridgehead atoms. The van der Waals surface area contributed by atoms with E-state index in [1.54, 1.807) is 12.1 Å². The summed E-state index contributed by atoms with van der Waals surface area (Å²) < 4.78 is 30.5. The number of benzene rings is 3. The van der Waals surface area contributed by atoms with Crippen molar-refractivity contribution in [2.45, 2.75) is 11.8 Å². The molecule has 3 aromatic carbocycles. The van der Waals surface area contributed by atoms with E-state index in [2.05, 4.69) is 0 Å². The van der Waals surface area contributed by atoms with Gasteiger partial charge in [-0.2, -0.15) is 8.42 Å². The molecule has 0 fully saturated rings. The van der Waals surface area contributed by atoms with Crippen LogP contribution in [0.15, 0.2) is 71.6 Å². The van der Waals surface area contributed by atoms with Crippen molar-refractivity contribution in [1.82, 2.24) is 0 Å². The standard InChI is InChI=1S/C10H8O3S.C7H9N/c11-14(12,13)10-6-5-8-3-1-2-4-9(8)7-10;1-6-2-4-7(8)5-3-6/h1-7H,(H,11,12,13);2-5H,8H2,1H3. The molecule has 0 saturated carbocycles. The number of nitrogen functional groups attached to an aromatic ring is 1. The third-order valence-corrected chi connectivity index (χ3v) is 3.95. The number of fused-ring (bicyclic) bond motifs is 1. The van der Waals surface area contributed by atoms with Gasteiger partial charge in [-0.15, -0.1) is 0 Å². The smallest absolute Gasteiger partial charge is 0.294 e. The van der Waals surface area contributed by atoms with Gasteiger partial charge in [-0.1, -0.05) is 48.0 Å². The van der Waals surface area contributed by atoms with Crippen LogP contribution in [0.3, 0.4) is 0 Å². The molecule has 0 aliphatic rings. The van der Waals surface area contributed by atoms with Crippen molar-refractivity contribution < 1.29 is 13.0 Å². The maximum Gasteiger partial charge on any atom is 0.294 e. The molecule has 4 nitrogen and oxygen atoms in total. The van der Waals surface area contributed by atoms with Gasteiger partial charge in [0, 0.05) is 5.69 Å². The number of anilines is 1. The molecule has 3 aromatic rings. The molecule has 114 valence electrons. The topological polar surface area (TPSA) is 80.4 Å². The zero-order valence-corrected chi connectivity index (χ0v) is 12.9. The van der Waals surface area contributed by atoms with Gasteiger partial charge in [-0.25, -0.2) is 0 Å². The minimum absolute atomic E-state index is 0.0730. The second-order valence-electron chi connectivity index (χ2n) is 4.89. The maximum absolute atomic E-state index is 10.8. The van der Waals surface area contributed by atoms with Crippen LogP contribution in [-0.4, -0.2) is 13.0 Å². The Morgan fingerprint density at radius 2 is 1.45 bits per heavy atom. The number of nitrogens with two attached hydrogens (primary N) is 1. The van der Waals surface area contributed by atoms with Crippen LogP contribution < -0.4 is 5.73 Å². The Balaban J connectivity index is 0.000000188. The number of hydrogen-bond donors (Lipinski definition) is 2. The molecule has 0 atom stereocenters. The normalized spacial score (nSPS) is 10.8. The molecule has 0 aliphatic heterocycles. The Morgan fingerprint density at radius 1 is 0.864 bits per heavy atom. The van der Waals surface area contributed by atoms with Crippen molar-refractivity contribution in [1.29, 1.82) is 0 Å². The molecule has 0 spiro atoms. The van der Waals surface area contributed by atoms with E-state index in [0.717, 1.165) is 16.5 Å². The summed E-state index contributed by atoms with van der Waals surface area (Å²) in [6.45, 7) is 2.04. The third-order valence-electron chi connectivity index (χ3n) is 3.10. The highest BCUT2D eigenvalue weighted by Gasteiger charge is 2.08. The summed E-state index contributed by atoms with van der Waals surface area (Å²) in [5, 5.41) is 1.74. The molecule has 22 heavy (non-hydrogen) atoms.